The molecule has 0 heterocycles. The minimum atomic E-state index is 0. The third kappa shape index (κ3) is 24.8. The average Bonchev–Trinajstić information content (AvgIpc) is 1.97. The largest absolute Gasteiger partial charge is 2.00 e. The standard InChI is InChI=1S/C7H19N3.Ca.2ClH/c8-4-1-2-6-10-7-3-5-9;;;/h10H,1-9H2;;2*1H/q;+2;;/p-2. The smallest absolute Gasteiger partial charge is 1.00 e. The fourth-order valence-electron chi connectivity index (χ4n) is 0.746. The van der Waals surface area contributed by atoms with Gasteiger partial charge in [-0.05, 0) is 45.4 Å². The Hall–Kier alpha value is 1.72. The van der Waals surface area contributed by atoms with E-state index in [9.17, 15) is 0 Å². The molecule has 0 aliphatic carbocycles. The molecule has 0 saturated heterocycles. The third-order valence-corrected chi connectivity index (χ3v) is 1.37. The summed E-state index contributed by atoms with van der Waals surface area (Å²) in [6.45, 7) is 3.71. The molecule has 0 aliphatic heterocycles. The topological polar surface area (TPSA) is 64.1 Å². The molecule has 0 spiro atoms. The molecule has 0 rings (SSSR count). The zero-order valence-electron chi connectivity index (χ0n) is 8.07. The van der Waals surface area contributed by atoms with Crippen molar-refractivity contribution in [2.75, 3.05) is 26.2 Å². The fourth-order valence-corrected chi connectivity index (χ4v) is 0.746. The van der Waals surface area contributed by atoms with Crippen LogP contribution in [-0.4, -0.2) is 63.9 Å². The van der Waals surface area contributed by atoms with E-state index in [1.807, 2.05) is 0 Å². The molecule has 0 fully saturated rings. The molecule has 78 valence electrons. The predicted molar refractivity (Wildman–Crippen MR) is 50.6 cm³/mol. The summed E-state index contributed by atoms with van der Waals surface area (Å²) >= 11 is 0. The number of nitrogens with one attached hydrogen (secondary N) is 1. The van der Waals surface area contributed by atoms with Crippen molar-refractivity contribution in [3.8, 4) is 0 Å². The average molecular weight is 256 g/mol. The first-order valence-corrected chi connectivity index (χ1v) is 4.02. The molecule has 6 heteroatoms. The molecule has 3 nitrogen and oxygen atoms in total. The molecule has 0 aromatic carbocycles. The van der Waals surface area contributed by atoms with Crippen LogP contribution in [0.2, 0.25) is 0 Å². The molecule has 5 N–H and O–H groups in total. The Morgan fingerprint density at radius 1 is 0.769 bits per heavy atom. The minimum absolute atomic E-state index is 0. The van der Waals surface area contributed by atoms with Crippen molar-refractivity contribution >= 4 is 37.7 Å². The van der Waals surface area contributed by atoms with Crippen LogP contribution >= 0.6 is 0 Å². The quantitative estimate of drug-likeness (QED) is 0.313. The van der Waals surface area contributed by atoms with Crippen LogP contribution in [-0.2, 0) is 0 Å². The molecular formula is C7H19CaCl2N3. The second-order valence-electron chi connectivity index (χ2n) is 2.39. The van der Waals surface area contributed by atoms with Crippen LogP contribution in [0.1, 0.15) is 19.3 Å². The summed E-state index contributed by atoms with van der Waals surface area (Å²) in [4.78, 5) is 0. The number of hydrogen-bond acceptors (Lipinski definition) is 3. The number of nitrogens with two attached hydrogens (primary N) is 2. The van der Waals surface area contributed by atoms with Gasteiger partial charge in [-0.25, -0.2) is 0 Å². The first-order chi connectivity index (χ1) is 4.91. The second-order valence-corrected chi connectivity index (χ2v) is 2.39. The maximum absolute atomic E-state index is 5.32. The maximum Gasteiger partial charge on any atom is 2.00 e. The zero-order chi connectivity index (χ0) is 7.66. The van der Waals surface area contributed by atoms with E-state index < -0.39 is 0 Å². The van der Waals surface area contributed by atoms with Gasteiger partial charge in [-0.2, -0.15) is 0 Å². The normalized spacial score (nSPS) is 7.85. The summed E-state index contributed by atoms with van der Waals surface area (Å²) in [6.07, 6.45) is 3.37. The van der Waals surface area contributed by atoms with Gasteiger partial charge >= 0.3 is 37.7 Å². The van der Waals surface area contributed by atoms with Crippen molar-refractivity contribution < 1.29 is 24.8 Å². The molecule has 0 bridgehead atoms. The van der Waals surface area contributed by atoms with Crippen LogP contribution in [0.5, 0.6) is 0 Å². The molecule has 0 atom stereocenters. The van der Waals surface area contributed by atoms with Gasteiger partial charge in [0.1, 0.15) is 0 Å². The fraction of sp³-hybridized carbons (Fsp3) is 1.00. The van der Waals surface area contributed by atoms with Crippen molar-refractivity contribution in [2.24, 2.45) is 11.5 Å². The first-order valence-electron chi connectivity index (χ1n) is 4.02. The summed E-state index contributed by atoms with van der Waals surface area (Å²) < 4.78 is 0. The molecule has 0 aliphatic rings. The zero-order valence-corrected chi connectivity index (χ0v) is 11.8. The Kier molecular flexibility index (Phi) is 43.6. The third-order valence-electron chi connectivity index (χ3n) is 1.37. The van der Waals surface area contributed by atoms with Gasteiger partial charge in [-0.15, -0.1) is 0 Å². The Bertz CT molecular complexity index is 61.7. The molecule has 0 amide bonds. The molecule has 0 unspecified atom stereocenters. The van der Waals surface area contributed by atoms with E-state index in [-0.39, 0.29) is 62.6 Å². The number of rotatable bonds is 7. The van der Waals surface area contributed by atoms with Crippen LogP contribution in [0.15, 0.2) is 0 Å². The van der Waals surface area contributed by atoms with Crippen LogP contribution in [0.3, 0.4) is 0 Å². The van der Waals surface area contributed by atoms with E-state index in [0.717, 1.165) is 39.0 Å². The number of hydrogen-bond donors (Lipinski definition) is 3. The van der Waals surface area contributed by atoms with Gasteiger partial charge in [0.05, 0.1) is 0 Å². The van der Waals surface area contributed by atoms with Gasteiger partial charge in [-0.3, -0.25) is 0 Å². The van der Waals surface area contributed by atoms with E-state index in [1.165, 1.54) is 6.42 Å². The maximum atomic E-state index is 5.32. The van der Waals surface area contributed by atoms with Crippen molar-refractivity contribution in [1.82, 2.24) is 5.32 Å². The van der Waals surface area contributed by atoms with Crippen LogP contribution in [0.4, 0.5) is 0 Å². The second kappa shape index (κ2) is 23.5. The summed E-state index contributed by atoms with van der Waals surface area (Å²) in [5.74, 6) is 0. The molecule has 0 saturated carbocycles. The number of halogens is 2. The Morgan fingerprint density at radius 2 is 1.23 bits per heavy atom. The van der Waals surface area contributed by atoms with E-state index in [0.29, 0.717) is 0 Å². The van der Waals surface area contributed by atoms with E-state index in [2.05, 4.69) is 5.32 Å². The molecule has 0 radical (unpaired) electrons. The van der Waals surface area contributed by atoms with E-state index in [1.54, 1.807) is 0 Å². The SMILES string of the molecule is NCCCCNCCCN.[Ca+2].[Cl-].[Cl-]. The molecule has 13 heavy (non-hydrogen) atoms. The Labute approximate surface area is 124 Å². The van der Waals surface area contributed by atoms with Crippen molar-refractivity contribution in [3.05, 3.63) is 0 Å². The van der Waals surface area contributed by atoms with Gasteiger partial charge in [0.15, 0.2) is 0 Å². The van der Waals surface area contributed by atoms with Crippen LogP contribution < -0.4 is 41.6 Å². The van der Waals surface area contributed by atoms with Gasteiger partial charge in [0.25, 0.3) is 0 Å². The molecule has 0 aromatic heterocycles. The Balaban J connectivity index is -0.000000135. The summed E-state index contributed by atoms with van der Waals surface area (Å²) in [5, 5.41) is 3.29. The molecular weight excluding hydrogens is 237 g/mol. The van der Waals surface area contributed by atoms with Crippen molar-refractivity contribution in [2.45, 2.75) is 19.3 Å². The van der Waals surface area contributed by atoms with Crippen LogP contribution in [0.25, 0.3) is 0 Å². The first kappa shape index (κ1) is 24.1. The van der Waals surface area contributed by atoms with Gasteiger partial charge in [0.2, 0.25) is 0 Å². The molecule has 0 aromatic rings. The Morgan fingerprint density at radius 3 is 1.69 bits per heavy atom. The van der Waals surface area contributed by atoms with E-state index >= 15 is 0 Å². The predicted octanol–water partition coefficient (Wildman–Crippen LogP) is -6.71. The van der Waals surface area contributed by atoms with E-state index in [4.69, 9.17) is 11.5 Å². The summed E-state index contributed by atoms with van der Waals surface area (Å²) in [7, 11) is 0. The summed E-state index contributed by atoms with van der Waals surface area (Å²) in [6, 6.07) is 0. The van der Waals surface area contributed by atoms with Gasteiger partial charge in [0, 0.05) is 0 Å². The minimum Gasteiger partial charge on any atom is -1.00 e. The van der Waals surface area contributed by atoms with Crippen molar-refractivity contribution in [1.29, 1.82) is 0 Å². The van der Waals surface area contributed by atoms with Gasteiger partial charge in [-0.1, -0.05) is 0 Å². The van der Waals surface area contributed by atoms with Gasteiger partial charge < -0.3 is 41.6 Å². The summed E-state index contributed by atoms with van der Waals surface area (Å²) in [5.41, 5.74) is 10.6. The van der Waals surface area contributed by atoms with Crippen molar-refractivity contribution in [3.63, 3.8) is 0 Å². The van der Waals surface area contributed by atoms with Crippen LogP contribution in [0, 0.1) is 0 Å². The monoisotopic (exact) mass is 255 g/mol. The number of unbranched alkanes of at least 4 members (excludes halogenated alkanes) is 1.